The molecule has 0 spiro atoms. The zero-order valence-electron chi connectivity index (χ0n) is 8.87. The monoisotopic (exact) mass is 232 g/mol. The van der Waals surface area contributed by atoms with Crippen molar-refractivity contribution in [1.82, 2.24) is 20.0 Å². The number of aromatic amines is 1. The molecular weight excluding hydrogens is 216 g/mol. The molecule has 0 radical (unpaired) electrons. The lowest BCUT2D eigenvalue weighted by molar-refractivity contribution is 0.581. The van der Waals surface area contributed by atoms with Crippen LogP contribution in [0.25, 0.3) is 0 Å². The van der Waals surface area contributed by atoms with Crippen molar-refractivity contribution >= 4 is 10.0 Å². The molecule has 0 aliphatic rings. The van der Waals surface area contributed by atoms with E-state index in [-0.39, 0.29) is 0 Å². The first-order valence-electron chi connectivity index (χ1n) is 4.63. The highest BCUT2D eigenvalue weighted by atomic mass is 32.2. The Balaban J connectivity index is 2.15. The quantitative estimate of drug-likeness (QED) is 0.569. The van der Waals surface area contributed by atoms with Gasteiger partial charge in [-0.05, 0) is 6.92 Å². The minimum absolute atomic E-state index is 0.391. The van der Waals surface area contributed by atoms with Crippen LogP contribution >= 0.6 is 0 Å². The first-order chi connectivity index (χ1) is 6.99. The minimum atomic E-state index is -3.08. The molecule has 0 bridgehead atoms. The fourth-order valence-electron chi connectivity index (χ4n) is 1.10. The SMILES string of the molecule is Cc1[nH]cnc1CNCCNS(C)(=O)=O. The lowest BCUT2D eigenvalue weighted by Gasteiger charge is -2.04. The van der Waals surface area contributed by atoms with Gasteiger partial charge >= 0.3 is 0 Å². The smallest absolute Gasteiger partial charge is 0.208 e. The fourth-order valence-corrected chi connectivity index (χ4v) is 1.57. The van der Waals surface area contributed by atoms with E-state index in [1.54, 1.807) is 6.33 Å². The summed E-state index contributed by atoms with van der Waals surface area (Å²) in [4.78, 5) is 7.08. The van der Waals surface area contributed by atoms with Gasteiger partial charge in [-0.2, -0.15) is 0 Å². The van der Waals surface area contributed by atoms with E-state index in [0.29, 0.717) is 19.6 Å². The van der Waals surface area contributed by atoms with Crippen molar-refractivity contribution in [2.45, 2.75) is 13.5 Å². The third-order valence-electron chi connectivity index (χ3n) is 1.89. The Bertz CT molecular complexity index is 399. The molecule has 0 fully saturated rings. The first-order valence-corrected chi connectivity index (χ1v) is 6.52. The number of sulfonamides is 1. The number of hydrogen-bond acceptors (Lipinski definition) is 4. The van der Waals surface area contributed by atoms with Gasteiger partial charge in [-0.15, -0.1) is 0 Å². The van der Waals surface area contributed by atoms with Crippen molar-refractivity contribution in [1.29, 1.82) is 0 Å². The summed E-state index contributed by atoms with van der Waals surface area (Å²) in [7, 11) is -3.08. The highest BCUT2D eigenvalue weighted by Gasteiger charge is 2.01. The predicted molar refractivity (Wildman–Crippen MR) is 57.9 cm³/mol. The molecule has 0 aliphatic heterocycles. The van der Waals surface area contributed by atoms with E-state index in [0.717, 1.165) is 17.6 Å². The summed E-state index contributed by atoms with van der Waals surface area (Å²) in [6.45, 7) is 3.56. The Hall–Kier alpha value is -0.920. The second-order valence-corrected chi connectivity index (χ2v) is 5.15. The molecule has 3 N–H and O–H groups in total. The van der Waals surface area contributed by atoms with Gasteiger partial charge in [-0.1, -0.05) is 0 Å². The lowest BCUT2D eigenvalue weighted by atomic mass is 10.3. The van der Waals surface area contributed by atoms with Crippen molar-refractivity contribution < 1.29 is 8.42 Å². The van der Waals surface area contributed by atoms with Crippen molar-refractivity contribution in [3.05, 3.63) is 17.7 Å². The van der Waals surface area contributed by atoms with E-state index in [9.17, 15) is 8.42 Å². The van der Waals surface area contributed by atoms with E-state index in [2.05, 4.69) is 20.0 Å². The molecule has 0 atom stereocenters. The molecule has 0 aliphatic carbocycles. The molecule has 7 heteroatoms. The van der Waals surface area contributed by atoms with Gasteiger partial charge in [0.15, 0.2) is 0 Å². The van der Waals surface area contributed by atoms with Crippen LogP contribution in [0.5, 0.6) is 0 Å². The molecule has 1 heterocycles. The number of nitrogens with one attached hydrogen (secondary N) is 3. The Morgan fingerprint density at radius 2 is 2.20 bits per heavy atom. The van der Waals surface area contributed by atoms with E-state index < -0.39 is 10.0 Å². The average Bonchev–Trinajstić information content (AvgIpc) is 2.49. The largest absolute Gasteiger partial charge is 0.348 e. The van der Waals surface area contributed by atoms with Crippen LogP contribution in [0.2, 0.25) is 0 Å². The van der Waals surface area contributed by atoms with Crippen LogP contribution in [-0.2, 0) is 16.6 Å². The molecule has 0 amide bonds. The van der Waals surface area contributed by atoms with Crippen molar-refractivity contribution in [3.8, 4) is 0 Å². The Morgan fingerprint density at radius 1 is 1.47 bits per heavy atom. The highest BCUT2D eigenvalue weighted by molar-refractivity contribution is 7.88. The van der Waals surface area contributed by atoms with Crippen LogP contribution in [0.1, 0.15) is 11.4 Å². The Kier molecular flexibility index (Phi) is 4.25. The molecule has 1 aromatic rings. The van der Waals surface area contributed by atoms with Crippen molar-refractivity contribution in [2.75, 3.05) is 19.3 Å². The predicted octanol–water partition coefficient (Wildman–Crippen LogP) is -0.643. The average molecular weight is 232 g/mol. The Morgan fingerprint density at radius 3 is 2.73 bits per heavy atom. The summed E-state index contributed by atoms with van der Waals surface area (Å²) in [6.07, 6.45) is 2.78. The molecule has 6 nitrogen and oxygen atoms in total. The van der Waals surface area contributed by atoms with Crippen LogP contribution in [-0.4, -0.2) is 37.7 Å². The summed E-state index contributed by atoms with van der Waals surface area (Å²) < 4.78 is 23.8. The normalized spacial score (nSPS) is 11.9. The molecule has 0 saturated heterocycles. The number of aryl methyl sites for hydroxylation is 1. The van der Waals surface area contributed by atoms with Gasteiger partial charge in [0.05, 0.1) is 18.3 Å². The van der Waals surface area contributed by atoms with Gasteiger partial charge < -0.3 is 10.3 Å². The molecule has 0 unspecified atom stereocenters. The van der Waals surface area contributed by atoms with Crippen molar-refractivity contribution in [2.24, 2.45) is 0 Å². The molecule has 0 aromatic carbocycles. The van der Waals surface area contributed by atoms with Crippen LogP contribution < -0.4 is 10.0 Å². The number of rotatable bonds is 6. The van der Waals surface area contributed by atoms with Gasteiger partial charge in [-0.3, -0.25) is 0 Å². The lowest BCUT2D eigenvalue weighted by Crippen LogP contribution is -2.30. The number of hydrogen-bond donors (Lipinski definition) is 3. The zero-order valence-corrected chi connectivity index (χ0v) is 9.69. The van der Waals surface area contributed by atoms with Gasteiger partial charge in [-0.25, -0.2) is 18.1 Å². The standard InChI is InChI=1S/C8H16N4O2S/c1-7-8(11-6-10-7)5-9-3-4-12-15(2,13)14/h6,9,12H,3-5H2,1-2H3,(H,10,11). The van der Waals surface area contributed by atoms with Gasteiger partial charge in [0, 0.05) is 25.3 Å². The fraction of sp³-hybridized carbons (Fsp3) is 0.625. The molecule has 15 heavy (non-hydrogen) atoms. The number of H-pyrrole nitrogens is 1. The summed E-state index contributed by atoms with van der Waals surface area (Å²) in [5.41, 5.74) is 1.98. The summed E-state index contributed by atoms with van der Waals surface area (Å²) in [5.74, 6) is 0. The molecular formula is C8H16N4O2S. The minimum Gasteiger partial charge on any atom is -0.348 e. The molecule has 0 saturated carbocycles. The van der Waals surface area contributed by atoms with Crippen LogP contribution in [0.15, 0.2) is 6.33 Å². The topological polar surface area (TPSA) is 86.9 Å². The summed E-state index contributed by atoms with van der Waals surface area (Å²) in [6, 6.07) is 0. The Labute approximate surface area is 89.5 Å². The van der Waals surface area contributed by atoms with E-state index >= 15 is 0 Å². The van der Waals surface area contributed by atoms with Crippen molar-refractivity contribution in [3.63, 3.8) is 0 Å². The second-order valence-electron chi connectivity index (χ2n) is 3.32. The van der Waals surface area contributed by atoms with E-state index in [1.807, 2.05) is 6.92 Å². The van der Waals surface area contributed by atoms with Gasteiger partial charge in [0.25, 0.3) is 0 Å². The zero-order chi connectivity index (χ0) is 11.3. The van der Waals surface area contributed by atoms with Crippen LogP contribution in [0, 0.1) is 6.92 Å². The van der Waals surface area contributed by atoms with Crippen LogP contribution in [0.4, 0.5) is 0 Å². The first kappa shape index (κ1) is 12.2. The number of nitrogens with zero attached hydrogens (tertiary/aromatic N) is 1. The third kappa shape index (κ3) is 4.91. The molecule has 86 valence electrons. The summed E-state index contributed by atoms with van der Waals surface area (Å²) in [5, 5.41) is 3.09. The highest BCUT2D eigenvalue weighted by Crippen LogP contribution is 1.98. The summed E-state index contributed by atoms with van der Waals surface area (Å²) >= 11 is 0. The number of aromatic nitrogens is 2. The maximum absolute atomic E-state index is 10.7. The number of imidazole rings is 1. The van der Waals surface area contributed by atoms with Gasteiger partial charge in [0.2, 0.25) is 10.0 Å². The van der Waals surface area contributed by atoms with Gasteiger partial charge in [0.1, 0.15) is 0 Å². The van der Waals surface area contributed by atoms with E-state index in [4.69, 9.17) is 0 Å². The maximum Gasteiger partial charge on any atom is 0.208 e. The molecule has 1 aromatic heterocycles. The third-order valence-corrected chi connectivity index (χ3v) is 2.62. The maximum atomic E-state index is 10.7. The second kappa shape index (κ2) is 5.24. The van der Waals surface area contributed by atoms with Crippen LogP contribution in [0.3, 0.4) is 0 Å². The molecule has 1 rings (SSSR count). The van der Waals surface area contributed by atoms with E-state index in [1.165, 1.54) is 0 Å².